The lowest BCUT2D eigenvalue weighted by atomic mass is 10.1. The monoisotopic (exact) mass is 211 g/mol. The van der Waals surface area contributed by atoms with Gasteiger partial charge in [-0.15, -0.1) is 0 Å². The van der Waals surface area contributed by atoms with Crippen molar-refractivity contribution in [3.63, 3.8) is 0 Å². The zero-order valence-corrected chi connectivity index (χ0v) is 8.34. The van der Waals surface area contributed by atoms with Crippen LogP contribution >= 0.6 is 11.9 Å². The number of nitrogens with two attached hydrogens (primary N) is 1. The molecule has 0 heterocycles. The van der Waals surface area contributed by atoms with Gasteiger partial charge < -0.3 is 4.74 Å². The van der Waals surface area contributed by atoms with Crippen molar-refractivity contribution in [1.29, 1.82) is 0 Å². The van der Waals surface area contributed by atoms with Crippen LogP contribution in [0, 0.1) is 0 Å². The molecule has 14 heavy (non-hydrogen) atoms. The normalized spacial score (nSPS) is 9.57. The highest BCUT2D eigenvalue weighted by Crippen LogP contribution is 2.10. The Labute approximate surface area is 85.6 Å². The van der Waals surface area contributed by atoms with Gasteiger partial charge in [0, 0.05) is 5.56 Å². The third-order valence-corrected chi connectivity index (χ3v) is 2.08. The van der Waals surface area contributed by atoms with Crippen molar-refractivity contribution in [2.24, 2.45) is 5.14 Å². The van der Waals surface area contributed by atoms with E-state index in [1.54, 1.807) is 18.2 Å². The highest BCUT2D eigenvalue weighted by atomic mass is 32.2. The van der Waals surface area contributed by atoms with E-state index in [1.807, 2.05) is 0 Å². The van der Waals surface area contributed by atoms with Crippen LogP contribution in [-0.2, 0) is 4.74 Å². The van der Waals surface area contributed by atoms with Crippen LogP contribution in [0.3, 0.4) is 0 Å². The standard InChI is InChI=1S/C9H9NO3S/c1-13-8(11)6-3-2-4-7(5-6)9(12)14-10/h2-5H,10H2,1H3. The summed E-state index contributed by atoms with van der Waals surface area (Å²) in [5.74, 6) is -0.471. The predicted octanol–water partition coefficient (Wildman–Crippen LogP) is 1.22. The molecule has 2 N–H and O–H groups in total. The average molecular weight is 211 g/mol. The number of ether oxygens (including phenoxy) is 1. The summed E-state index contributed by atoms with van der Waals surface area (Å²) in [6, 6.07) is 6.22. The molecule has 0 aliphatic rings. The smallest absolute Gasteiger partial charge is 0.337 e. The lowest BCUT2D eigenvalue weighted by Crippen LogP contribution is -2.04. The molecule has 1 aromatic rings. The number of carbonyl (C=O) groups is 2. The minimum atomic E-state index is -0.471. The van der Waals surface area contributed by atoms with Gasteiger partial charge in [-0.1, -0.05) is 12.1 Å². The summed E-state index contributed by atoms with van der Waals surface area (Å²) in [5, 5.41) is 4.83. The Morgan fingerprint density at radius 3 is 2.57 bits per heavy atom. The lowest BCUT2D eigenvalue weighted by Gasteiger charge is -2.00. The van der Waals surface area contributed by atoms with Crippen molar-refractivity contribution in [3.05, 3.63) is 35.4 Å². The molecule has 0 atom stereocenters. The first-order chi connectivity index (χ1) is 6.69. The fourth-order valence-electron chi connectivity index (χ4n) is 0.959. The molecule has 0 unspecified atom stereocenters. The minimum Gasteiger partial charge on any atom is -0.465 e. The quantitative estimate of drug-likeness (QED) is 0.588. The summed E-state index contributed by atoms with van der Waals surface area (Å²) >= 11 is 0.615. The van der Waals surface area contributed by atoms with Crippen LogP contribution in [0.25, 0.3) is 0 Å². The molecular weight excluding hydrogens is 202 g/mol. The van der Waals surface area contributed by atoms with Crippen LogP contribution in [0.5, 0.6) is 0 Å². The number of carbonyl (C=O) groups excluding carboxylic acids is 2. The van der Waals surface area contributed by atoms with Crippen LogP contribution < -0.4 is 5.14 Å². The van der Waals surface area contributed by atoms with Crippen LogP contribution in [0.15, 0.2) is 24.3 Å². The van der Waals surface area contributed by atoms with E-state index in [2.05, 4.69) is 4.74 Å². The molecule has 74 valence electrons. The van der Waals surface area contributed by atoms with E-state index in [-0.39, 0.29) is 5.12 Å². The summed E-state index contributed by atoms with van der Waals surface area (Å²) in [5.41, 5.74) is 0.729. The van der Waals surface area contributed by atoms with Gasteiger partial charge >= 0.3 is 5.97 Å². The first-order valence-corrected chi connectivity index (χ1v) is 4.66. The molecule has 1 aromatic carbocycles. The van der Waals surface area contributed by atoms with Gasteiger partial charge in [0.2, 0.25) is 5.12 Å². The third-order valence-electron chi connectivity index (χ3n) is 1.63. The van der Waals surface area contributed by atoms with E-state index in [1.165, 1.54) is 13.2 Å². The Bertz CT molecular complexity index is 334. The zero-order chi connectivity index (χ0) is 10.6. The van der Waals surface area contributed by atoms with E-state index < -0.39 is 5.97 Å². The van der Waals surface area contributed by atoms with Gasteiger partial charge in [0.05, 0.1) is 12.7 Å². The van der Waals surface area contributed by atoms with Gasteiger partial charge in [-0.3, -0.25) is 9.93 Å². The van der Waals surface area contributed by atoms with Gasteiger partial charge in [0.1, 0.15) is 0 Å². The van der Waals surface area contributed by atoms with Crippen molar-refractivity contribution < 1.29 is 14.3 Å². The highest BCUT2D eigenvalue weighted by molar-refractivity contribution is 8.12. The largest absolute Gasteiger partial charge is 0.465 e. The zero-order valence-electron chi connectivity index (χ0n) is 7.52. The van der Waals surface area contributed by atoms with Crippen LogP contribution in [0.1, 0.15) is 20.7 Å². The van der Waals surface area contributed by atoms with Gasteiger partial charge in [0.15, 0.2) is 0 Å². The molecule has 0 bridgehead atoms. The topological polar surface area (TPSA) is 69.4 Å². The van der Waals surface area contributed by atoms with Gasteiger partial charge in [0.25, 0.3) is 0 Å². The second-order valence-electron chi connectivity index (χ2n) is 2.48. The first kappa shape index (κ1) is 10.7. The molecule has 0 fully saturated rings. The number of benzene rings is 1. The van der Waals surface area contributed by atoms with E-state index >= 15 is 0 Å². The lowest BCUT2D eigenvalue weighted by molar-refractivity contribution is 0.0600. The number of hydrogen-bond acceptors (Lipinski definition) is 5. The molecule has 4 nitrogen and oxygen atoms in total. The van der Waals surface area contributed by atoms with E-state index in [9.17, 15) is 9.59 Å². The Balaban J connectivity index is 3.01. The average Bonchev–Trinajstić information content (AvgIpc) is 2.27. The van der Waals surface area contributed by atoms with E-state index in [0.29, 0.717) is 23.1 Å². The molecule has 0 saturated heterocycles. The molecule has 0 saturated carbocycles. The Morgan fingerprint density at radius 1 is 1.36 bits per heavy atom. The Hall–Kier alpha value is -1.33. The molecule has 1 rings (SSSR count). The molecule has 0 aliphatic heterocycles. The summed E-state index contributed by atoms with van der Waals surface area (Å²) in [6.45, 7) is 0. The van der Waals surface area contributed by atoms with Crippen molar-refractivity contribution in [2.75, 3.05) is 7.11 Å². The van der Waals surface area contributed by atoms with Crippen molar-refractivity contribution in [3.8, 4) is 0 Å². The van der Waals surface area contributed by atoms with Crippen LogP contribution in [0.4, 0.5) is 0 Å². The van der Waals surface area contributed by atoms with Gasteiger partial charge in [-0.2, -0.15) is 0 Å². The molecule has 0 aliphatic carbocycles. The predicted molar refractivity (Wildman–Crippen MR) is 53.9 cm³/mol. The SMILES string of the molecule is COC(=O)c1cccc(C(=O)SN)c1. The maximum atomic E-state index is 11.2. The molecular formula is C9H9NO3S. The Morgan fingerprint density at radius 2 is 2.00 bits per heavy atom. The minimum absolute atomic E-state index is 0.282. The number of rotatable bonds is 2. The van der Waals surface area contributed by atoms with Crippen LogP contribution in [-0.4, -0.2) is 18.2 Å². The number of esters is 1. The van der Waals surface area contributed by atoms with E-state index in [0.717, 1.165) is 0 Å². The second-order valence-corrected chi connectivity index (χ2v) is 3.08. The fraction of sp³-hybridized carbons (Fsp3) is 0.111. The summed E-state index contributed by atoms with van der Waals surface area (Å²) in [4.78, 5) is 22.3. The number of methoxy groups -OCH3 is 1. The maximum absolute atomic E-state index is 11.2. The molecule has 0 aromatic heterocycles. The molecule has 5 heteroatoms. The fourth-order valence-corrected chi connectivity index (χ4v) is 1.22. The second kappa shape index (κ2) is 4.78. The number of hydrogen-bond donors (Lipinski definition) is 1. The molecule has 0 amide bonds. The highest BCUT2D eigenvalue weighted by Gasteiger charge is 2.09. The van der Waals surface area contributed by atoms with Crippen LogP contribution in [0.2, 0.25) is 0 Å². The molecule has 0 spiro atoms. The Kier molecular flexibility index (Phi) is 3.67. The summed E-state index contributed by atoms with van der Waals surface area (Å²) in [7, 11) is 1.29. The summed E-state index contributed by atoms with van der Waals surface area (Å²) in [6.07, 6.45) is 0. The van der Waals surface area contributed by atoms with Crippen molar-refractivity contribution in [2.45, 2.75) is 0 Å². The maximum Gasteiger partial charge on any atom is 0.337 e. The van der Waals surface area contributed by atoms with Crippen molar-refractivity contribution >= 4 is 23.0 Å². The van der Waals surface area contributed by atoms with Gasteiger partial charge in [-0.25, -0.2) is 4.79 Å². The van der Waals surface area contributed by atoms with Crippen molar-refractivity contribution in [1.82, 2.24) is 0 Å². The molecule has 0 radical (unpaired) electrons. The van der Waals surface area contributed by atoms with E-state index in [4.69, 9.17) is 5.14 Å². The third kappa shape index (κ3) is 2.34. The summed E-state index contributed by atoms with van der Waals surface area (Å²) < 4.78 is 4.52. The first-order valence-electron chi connectivity index (χ1n) is 3.78. The van der Waals surface area contributed by atoms with Gasteiger partial charge in [-0.05, 0) is 24.1 Å².